The summed E-state index contributed by atoms with van der Waals surface area (Å²) in [4.78, 5) is 11.0. The van der Waals surface area contributed by atoms with Gasteiger partial charge in [-0.3, -0.25) is 4.79 Å². The van der Waals surface area contributed by atoms with E-state index in [1.807, 2.05) is 13.8 Å². The predicted molar refractivity (Wildman–Crippen MR) is 54.7 cm³/mol. The van der Waals surface area contributed by atoms with Gasteiger partial charge in [-0.15, -0.1) is 0 Å². The van der Waals surface area contributed by atoms with Crippen LogP contribution in [-0.2, 0) is 4.79 Å². The van der Waals surface area contributed by atoms with E-state index in [4.69, 9.17) is 5.11 Å². The first kappa shape index (κ1) is 12.5. The Morgan fingerprint density at radius 2 is 1.77 bits per heavy atom. The van der Waals surface area contributed by atoms with Crippen LogP contribution >= 0.6 is 0 Å². The van der Waals surface area contributed by atoms with Gasteiger partial charge >= 0.3 is 5.97 Å². The maximum absolute atomic E-state index is 11.0. The Kier molecular flexibility index (Phi) is 5.04. The van der Waals surface area contributed by atoms with Gasteiger partial charge in [0.25, 0.3) is 0 Å². The molecule has 0 saturated carbocycles. The summed E-state index contributed by atoms with van der Waals surface area (Å²) in [6.45, 7) is 8.07. The Labute approximate surface area is 81.3 Å². The lowest BCUT2D eigenvalue weighted by molar-refractivity contribution is -0.149. The topological polar surface area (TPSA) is 37.3 Å². The summed E-state index contributed by atoms with van der Waals surface area (Å²) in [7, 11) is 0. The molecule has 0 spiro atoms. The van der Waals surface area contributed by atoms with Gasteiger partial charge in [0.2, 0.25) is 0 Å². The normalized spacial score (nSPS) is 15.8. The first-order valence-electron chi connectivity index (χ1n) is 5.23. The molecule has 1 unspecified atom stereocenters. The van der Waals surface area contributed by atoms with Gasteiger partial charge in [0.1, 0.15) is 0 Å². The zero-order chi connectivity index (χ0) is 10.5. The van der Waals surface area contributed by atoms with Crippen LogP contribution in [0.15, 0.2) is 0 Å². The first-order valence-corrected chi connectivity index (χ1v) is 5.23. The molecule has 0 aromatic carbocycles. The first-order chi connectivity index (χ1) is 6.00. The molecule has 78 valence electrons. The van der Waals surface area contributed by atoms with Gasteiger partial charge in [0, 0.05) is 0 Å². The summed E-state index contributed by atoms with van der Waals surface area (Å²) >= 11 is 0. The van der Waals surface area contributed by atoms with Crippen molar-refractivity contribution in [3.05, 3.63) is 0 Å². The Balaban J connectivity index is 4.33. The molecule has 0 aromatic heterocycles. The van der Waals surface area contributed by atoms with Crippen molar-refractivity contribution < 1.29 is 9.90 Å². The fourth-order valence-electron chi connectivity index (χ4n) is 1.60. The third-order valence-corrected chi connectivity index (χ3v) is 3.19. The Morgan fingerprint density at radius 3 is 2.00 bits per heavy atom. The van der Waals surface area contributed by atoms with E-state index >= 15 is 0 Å². The molecule has 0 rings (SSSR count). The van der Waals surface area contributed by atoms with Crippen molar-refractivity contribution in [3.63, 3.8) is 0 Å². The Hall–Kier alpha value is -0.530. The lowest BCUT2D eigenvalue weighted by Gasteiger charge is -2.27. The summed E-state index contributed by atoms with van der Waals surface area (Å²) in [6, 6.07) is 0. The molecule has 0 radical (unpaired) electrons. The van der Waals surface area contributed by atoms with Crippen LogP contribution in [-0.4, -0.2) is 11.1 Å². The number of aliphatic carboxylic acids is 1. The summed E-state index contributed by atoms with van der Waals surface area (Å²) in [6.07, 6.45) is 3.70. The highest BCUT2D eigenvalue weighted by atomic mass is 16.4. The maximum atomic E-state index is 11.0. The molecular formula is C11H22O2. The highest BCUT2D eigenvalue weighted by molar-refractivity contribution is 5.73. The van der Waals surface area contributed by atoms with Crippen LogP contribution in [0.3, 0.4) is 0 Å². The van der Waals surface area contributed by atoms with E-state index in [0.29, 0.717) is 5.92 Å². The second kappa shape index (κ2) is 5.25. The summed E-state index contributed by atoms with van der Waals surface area (Å²) in [5.74, 6) is -0.0945. The average Bonchev–Trinajstić information content (AvgIpc) is 2.13. The van der Waals surface area contributed by atoms with Crippen LogP contribution in [0.5, 0.6) is 0 Å². The summed E-state index contributed by atoms with van der Waals surface area (Å²) in [5.41, 5.74) is -0.517. The van der Waals surface area contributed by atoms with E-state index in [9.17, 15) is 4.79 Å². The highest BCUT2D eigenvalue weighted by Gasteiger charge is 2.32. The van der Waals surface area contributed by atoms with Crippen molar-refractivity contribution in [2.75, 3.05) is 0 Å². The van der Waals surface area contributed by atoms with Crippen LogP contribution < -0.4 is 0 Å². The molecule has 0 fully saturated rings. The van der Waals surface area contributed by atoms with Crippen molar-refractivity contribution >= 4 is 5.97 Å². The number of rotatable bonds is 6. The van der Waals surface area contributed by atoms with Crippen LogP contribution in [0.1, 0.15) is 53.4 Å². The molecule has 0 amide bonds. The van der Waals surface area contributed by atoms with Gasteiger partial charge in [-0.25, -0.2) is 0 Å². The van der Waals surface area contributed by atoms with Gasteiger partial charge in [0.15, 0.2) is 0 Å². The second-order valence-electron chi connectivity index (χ2n) is 4.11. The zero-order valence-corrected chi connectivity index (χ0v) is 9.26. The Bertz CT molecular complexity index is 161. The summed E-state index contributed by atoms with van der Waals surface area (Å²) < 4.78 is 0. The van der Waals surface area contributed by atoms with Crippen LogP contribution in [0.2, 0.25) is 0 Å². The van der Waals surface area contributed by atoms with Crippen molar-refractivity contribution in [1.29, 1.82) is 0 Å². The van der Waals surface area contributed by atoms with Gasteiger partial charge in [0.05, 0.1) is 5.41 Å². The standard InChI is InChI=1S/C11H22O2/c1-5-9(6-2)8-11(4,7-3)10(12)13/h9H,5-8H2,1-4H3,(H,12,13). The average molecular weight is 186 g/mol. The van der Waals surface area contributed by atoms with Crippen LogP contribution in [0.25, 0.3) is 0 Å². The fraction of sp³-hybridized carbons (Fsp3) is 0.909. The highest BCUT2D eigenvalue weighted by Crippen LogP contribution is 2.32. The number of carbonyl (C=O) groups is 1. The molecule has 1 N–H and O–H groups in total. The monoisotopic (exact) mass is 186 g/mol. The van der Waals surface area contributed by atoms with Gasteiger partial charge < -0.3 is 5.11 Å². The molecule has 2 heteroatoms. The molecule has 1 atom stereocenters. The van der Waals surface area contributed by atoms with Crippen molar-refractivity contribution in [2.45, 2.75) is 53.4 Å². The number of carboxylic acid groups (broad SMARTS) is 1. The van der Waals surface area contributed by atoms with E-state index < -0.39 is 11.4 Å². The van der Waals surface area contributed by atoms with E-state index in [1.165, 1.54) is 0 Å². The van der Waals surface area contributed by atoms with Gasteiger partial charge in [-0.2, -0.15) is 0 Å². The van der Waals surface area contributed by atoms with Crippen molar-refractivity contribution in [3.8, 4) is 0 Å². The Morgan fingerprint density at radius 1 is 1.31 bits per heavy atom. The molecule has 2 nitrogen and oxygen atoms in total. The molecule has 0 aliphatic rings. The molecule has 0 aliphatic carbocycles. The summed E-state index contributed by atoms with van der Waals surface area (Å²) in [5, 5.41) is 9.07. The number of hydrogen-bond acceptors (Lipinski definition) is 1. The third kappa shape index (κ3) is 3.37. The molecular weight excluding hydrogens is 164 g/mol. The minimum absolute atomic E-state index is 0.517. The quantitative estimate of drug-likeness (QED) is 0.691. The number of hydrogen-bond donors (Lipinski definition) is 1. The van der Waals surface area contributed by atoms with Gasteiger partial charge in [-0.1, -0.05) is 33.6 Å². The molecule has 0 saturated heterocycles. The largest absolute Gasteiger partial charge is 0.481 e. The maximum Gasteiger partial charge on any atom is 0.309 e. The molecule has 0 aromatic rings. The minimum Gasteiger partial charge on any atom is -0.481 e. The van der Waals surface area contributed by atoms with Crippen LogP contribution in [0.4, 0.5) is 0 Å². The fourth-order valence-corrected chi connectivity index (χ4v) is 1.60. The molecule has 0 aliphatic heterocycles. The molecule has 0 heterocycles. The lowest BCUT2D eigenvalue weighted by Crippen LogP contribution is -2.29. The van der Waals surface area contributed by atoms with E-state index in [1.54, 1.807) is 0 Å². The SMILES string of the molecule is CCC(CC)CC(C)(CC)C(=O)O. The second-order valence-corrected chi connectivity index (χ2v) is 4.11. The van der Waals surface area contributed by atoms with E-state index in [2.05, 4.69) is 13.8 Å². The van der Waals surface area contributed by atoms with Crippen LogP contribution in [0, 0.1) is 11.3 Å². The minimum atomic E-state index is -0.651. The van der Waals surface area contributed by atoms with Gasteiger partial charge in [-0.05, 0) is 25.7 Å². The predicted octanol–water partition coefficient (Wildman–Crippen LogP) is 3.31. The van der Waals surface area contributed by atoms with Crippen molar-refractivity contribution in [1.82, 2.24) is 0 Å². The van der Waals surface area contributed by atoms with Crippen molar-refractivity contribution in [2.24, 2.45) is 11.3 Å². The number of carboxylic acids is 1. The third-order valence-electron chi connectivity index (χ3n) is 3.19. The molecule has 13 heavy (non-hydrogen) atoms. The zero-order valence-electron chi connectivity index (χ0n) is 9.26. The van der Waals surface area contributed by atoms with E-state index in [0.717, 1.165) is 25.7 Å². The van der Waals surface area contributed by atoms with E-state index in [-0.39, 0.29) is 0 Å². The molecule has 0 bridgehead atoms. The lowest BCUT2D eigenvalue weighted by atomic mass is 9.77. The smallest absolute Gasteiger partial charge is 0.309 e.